The Bertz CT molecular complexity index is 3040. The fourth-order valence-electron chi connectivity index (χ4n) is 7.69. The van der Waals surface area contributed by atoms with E-state index < -0.39 is 5.97 Å². The number of nitrogens with zero attached hydrogens (tertiary/aromatic N) is 2. The van der Waals surface area contributed by atoms with Crippen LogP contribution < -0.4 is 4.74 Å². The number of hydrogen-bond donors (Lipinski definition) is 3. The topological polar surface area (TPSA) is 83.7 Å². The van der Waals surface area contributed by atoms with Crippen LogP contribution in [0.3, 0.4) is 0 Å². The van der Waals surface area contributed by atoms with Gasteiger partial charge in [-0.3, -0.25) is 0 Å². The summed E-state index contributed by atoms with van der Waals surface area (Å²) in [5, 5.41) is 0. The highest BCUT2D eigenvalue weighted by molar-refractivity contribution is 7.80. The van der Waals surface area contributed by atoms with Crippen molar-refractivity contribution in [1.82, 2.24) is 19.9 Å². The van der Waals surface area contributed by atoms with Crippen LogP contribution in [0.4, 0.5) is 0 Å². The molecule has 5 heterocycles. The molecule has 7 heteroatoms. The minimum Gasteiger partial charge on any atom is -0.423 e. The summed E-state index contributed by atoms with van der Waals surface area (Å²) < 4.78 is 5.67. The number of aromatic amines is 2. The lowest BCUT2D eigenvalue weighted by molar-refractivity contribution is 0.0734. The van der Waals surface area contributed by atoms with Gasteiger partial charge in [0.2, 0.25) is 0 Å². The lowest BCUT2D eigenvalue weighted by Crippen LogP contribution is -2.08. The monoisotopic (exact) mass is 766 g/mol. The van der Waals surface area contributed by atoms with E-state index in [-0.39, 0.29) is 0 Å². The molecule has 2 aliphatic heterocycles. The van der Waals surface area contributed by atoms with Crippen molar-refractivity contribution in [3.8, 4) is 50.3 Å². The predicted octanol–water partition coefficient (Wildman–Crippen LogP) is 12.8. The predicted molar refractivity (Wildman–Crippen MR) is 239 cm³/mol. The number of carbonyl (C=O) groups is 1. The minimum atomic E-state index is -0.443. The lowest BCUT2D eigenvalue weighted by Gasteiger charge is -2.08. The van der Waals surface area contributed by atoms with Gasteiger partial charge in [-0.25, -0.2) is 14.8 Å². The van der Waals surface area contributed by atoms with Gasteiger partial charge in [-0.05, 0) is 107 Å². The van der Waals surface area contributed by atoms with Crippen molar-refractivity contribution in [3.05, 3.63) is 192 Å². The number of rotatable bonds is 6. The van der Waals surface area contributed by atoms with Gasteiger partial charge in [-0.1, -0.05) is 103 Å². The largest absolute Gasteiger partial charge is 0.423 e. The zero-order chi connectivity index (χ0) is 39.0. The molecule has 0 amide bonds. The molecule has 58 heavy (non-hydrogen) atoms. The molecular weight excluding hydrogens is 733 g/mol. The normalized spacial score (nSPS) is 11.8. The summed E-state index contributed by atoms with van der Waals surface area (Å²) in [5.74, 6) is 0.0121. The van der Waals surface area contributed by atoms with Gasteiger partial charge in [0.25, 0.3) is 0 Å². The van der Waals surface area contributed by atoms with Crippen LogP contribution in [0, 0.1) is 0 Å². The summed E-state index contributed by atoms with van der Waals surface area (Å²) in [4.78, 5) is 32.3. The number of benzene rings is 5. The average Bonchev–Trinajstić information content (AvgIpc) is 4.11. The molecule has 8 bridgehead atoms. The number of aromatic nitrogens is 4. The molecule has 3 aromatic heterocycles. The average molecular weight is 767 g/mol. The number of thiol groups is 1. The second-order valence-corrected chi connectivity index (χ2v) is 14.6. The van der Waals surface area contributed by atoms with Crippen LogP contribution >= 0.6 is 12.6 Å². The van der Waals surface area contributed by atoms with E-state index in [1.54, 1.807) is 36.4 Å². The van der Waals surface area contributed by atoms with Gasteiger partial charge in [-0.2, -0.15) is 0 Å². The van der Waals surface area contributed by atoms with Crippen LogP contribution in [0.2, 0.25) is 0 Å². The van der Waals surface area contributed by atoms with Gasteiger partial charge in [0.15, 0.2) is 0 Å². The summed E-state index contributed by atoms with van der Waals surface area (Å²) in [6.07, 6.45) is 8.35. The van der Waals surface area contributed by atoms with Crippen molar-refractivity contribution in [2.45, 2.75) is 4.90 Å². The third kappa shape index (κ3) is 6.63. The van der Waals surface area contributed by atoms with Crippen LogP contribution in [0.25, 0.3) is 90.9 Å². The smallest absolute Gasteiger partial charge is 0.343 e. The molecule has 0 unspecified atom stereocenters. The molecule has 2 aliphatic rings. The van der Waals surface area contributed by atoms with Crippen LogP contribution in [0.15, 0.2) is 169 Å². The van der Waals surface area contributed by atoms with Crippen molar-refractivity contribution in [3.63, 3.8) is 0 Å². The molecular formula is C51H34N4O2S. The first kappa shape index (κ1) is 35.0. The first-order valence-electron chi connectivity index (χ1n) is 19.0. The molecule has 0 saturated heterocycles. The zero-order valence-corrected chi connectivity index (χ0v) is 32.0. The Balaban J connectivity index is 1.26. The number of fused-ring (bicyclic) bond motifs is 8. The Morgan fingerprint density at radius 2 is 0.759 bits per heavy atom. The third-order valence-corrected chi connectivity index (χ3v) is 10.7. The first-order valence-corrected chi connectivity index (χ1v) is 19.4. The van der Waals surface area contributed by atoms with Gasteiger partial charge >= 0.3 is 5.97 Å². The van der Waals surface area contributed by atoms with Gasteiger partial charge in [0, 0.05) is 49.2 Å². The Hall–Kier alpha value is -7.48. The van der Waals surface area contributed by atoms with Gasteiger partial charge < -0.3 is 14.7 Å². The van der Waals surface area contributed by atoms with Crippen LogP contribution in [0.1, 0.15) is 33.1 Å². The number of nitrogens with one attached hydrogen (secondary N) is 2. The highest BCUT2D eigenvalue weighted by Gasteiger charge is 2.19. The Morgan fingerprint density at radius 1 is 0.414 bits per heavy atom. The summed E-state index contributed by atoms with van der Waals surface area (Å²) in [7, 11) is 0. The summed E-state index contributed by atoms with van der Waals surface area (Å²) >= 11 is 4.34. The molecule has 5 aromatic carbocycles. The number of hydrogen-bond acceptors (Lipinski definition) is 5. The van der Waals surface area contributed by atoms with Crippen molar-refractivity contribution in [2.24, 2.45) is 0 Å². The molecule has 6 nitrogen and oxygen atoms in total. The Labute approximate surface area is 340 Å². The van der Waals surface area contributed by atoms with Crippen LogP contribution in [-0.4, -0.2) is 25.9 Å². The number of esters is 1. The van der Waals surface area contributed by atoms with E-state index in [0.29, 0.717) is 11.3 Å². The molecule has 8 aromatic rings. The molecule has 0 atom stereocenters. The standard InChI is InChI=1S/C51H34N4O2S/c56-51(57-37-20-22-38(58)23-21-37)36-18-16-35(17-19-36)50-45-30-28-43(54-45)48(33-12-6-2-7-13-33)41-26-24-39(52-41)47(32-10-4-1-5-11-32)40-25-27-42(53-40)49(34-14-8-3-9-15-34)44-29-31-46(50)55-44/h1-31,52,55,58H. The minimum absolute atomic E-state index is 0.433. The highest BCUT2D eigenvalue weighted by Crippen LogP contribution is 2.38. The fourth-order valence-corrected chi connectivity index (χ4v) is 7.84. The molecule has 0 saturated carbocycles. The van der Waals surface area contributed by atoms with Crippen molar-refractivity contribution in [1.29, 1.82) is 0 Å². The van der Waals surface area contributed by atoms with Gasteiger partial charge in [0.1, 0.15) is 5.75 Å². The Morgan fingerprint density at radius 3 is 1.12 bits per heavy atom. The second-order valence-electron chi connectivity index (χ2n) is 14.1. The molecule has 0 radical (unpaired) electrons. The maximum atomic E-state index is 13.2. The Kier molecular flexibility index (Phi) is 8.97. The quantitative estimate of drug-likeness (QED) is 0.0894. The summed E-state index contributed by atoms with van der Waals surface area (Å²) in [6, 6.07) is 54.1. The van der Waals surface area contributed by atoms with E-state index in [1.807, 2.05) is 54.6 Å². The van der Waals surface area contributed by atoms with E-state index in [1.165, 1.54) is 0 Å². The SMILES string of the molecule is O=C(Oc1ccc(S)cc1)c1ccc(-c2c3nc(c(-c4ccccc4)c4ccc([nH]4)c(-c4ccccc4)c4nc(c(-c5ccccc5)c5ccc2[nH]5)C=C4)C=C3)cc1. The molecule has 10 rings (SSSR count). The third-order valence-electron chi connectivity index (χ3n) is 10.4. The van der Waals surface area contributed by atoms with E-state index in [9.17, 15) is 4.79 Å². The van der Waals surface area contributed by atoms with E-state index in [4.69, 9.17) is 14.7 Å². The summed E-state index contributed by atoms with van der Waals surface area (Å²) in [5.41, 5.74) is 15.3. The van der Waals surface area contributed by atoms with E-state index in [0.717, 1.165) is 94.2 Å². The van der Waals surface area contributed by atoms with E-state index in [2.05, 4.69) is 120 Å². The highest BCUT2D eigenvalue weighted by atomic mass is 32.1. The zero-order valence-electron chi connectivity index (χ0n) is 31.1. The lowest BCUT2D eigenvalue weighted by atomic mass is 10.0. The van der Waals surface area contributed by atoms with Crippen LogP contribution in [0.5, 0.6) is 5.75 Å². The number of carbonyl (C=O) groups excluding carboxylic acids is 1. The number of ether oxygens (including phenoxy) is 1. The first-order chi connectivity index (χ1) is 28.6. The van der Waals surface area contributed by atoms with Crippen molar-refractivity contribution < 1.29 is 9.53 Å². The molecule has 276 valence electrons. The van der Waals surface area contributed by atoms with Crippen molar-refractivity contribution >= 4 is 65.0 Å². The molecule has 2 N–H and O–H groups in total. The number of H-pyrrole nitrogens is 2. The maximum Gasteiger partial charge on any atom is 0.343 e. The van der Waals surface area contributed by atoms with Gasteiger partial charge in [-0.15, -0.1) is 12.6 Å². The van der Waals surface area contributed by atoms with Crippen molar-refractivity contribution in [2.75, 3.05) is 0 Å². The molecule has 0 spiro atoms. The molecule has 0 fully saturated rings. The maximum absolute atomic E-state index is 13.2. The summed E-state index contributed by atoms with van der Waals surface area (Å²) in [6.45, 7) is 0. The van der Waals surface area contributed by atoms with Crippen LogP contribution in [-0.2, 0) is 0 Å². The van der Waals surface area contributed by atoms with Gasteiger partial charge in [0.05, 0.1) is 28.3 Å². The second kappa shape index (κ2) is 14.9. The fraction of sp³-hybridized carbons (Fsp3) is 0. The van der Waals surface area contributed by atoms with E-state index >= 15 is 0 Å². The molecule has 0 aliphatic carbocycles.